The molecule has 0 spiro atoms. The number of methoxy groups -OCH3 is 1. The molecule has 2 amide bonds. The fourth-order valence-corrected chi connectivity index (χ4v) is 5.83. The first-order valence-electron chi connectivity index (χ1n) is 11.6. The van der Waals surface area contributed by atoms with Gasteiger partial charge in [-0.15, -0.1) is 12.4 Å². The summed E-state index contributed by atoms with van der Waals surface area (Å²) in [6.07, 6.45) is 0.177. The maximum absolute atomic E-state index is 13.9. The molecule has 192 valence electrons. The maximum Gasteiger partial charge on any atom is 0.234 e. The molecule has 0 bridgehead atoms. The van der Waals surface area contributed by atoms with Crippen LogP contribution in [0, 0.1) is 5.92 Å². The largest absolute Gasteiger partial charge is 0.494 e. The molecule has 2 saturated heterocycles. The quantitative estimate of drug-likeness (QED) is 0.441. The molecule has 2 aliphatic heterocycles. The van der Waals surface area contributed by atoms with E-state index in [4.69, 9.17) is 26.1 Å². The second kappa shape index (κ2) is 11.7. The number of aromatic nitrogens is 1. The minimum absolute atomic E-state index is 0. The summed E-state index contributed by atoms with van der Waals surface area (Å²) >= 11 is 7.83. The average Bonchev–Trinajstić information content (AvgIpc) is 3.50. The van der Waals surface area contributed by atoms with Crippen molar-refractivity contribution in [3.05, 3.63) is 47.5 Å². The number of halogens is 2. The number of thiazole rings is 1. The first-order valence-corrected chi connectivity index (χ1v) is 12.8. The number of anilines is 2. The average molecular weight is 551 g/mol. The Kier molecular flexibility index (Phi) is 8.69. The molecule has 1 unspecified atom stereocenters. The van der Waals surface area contributed by atoms with E-state index in [2.05, 4.69) is 4.90 Å². The van der Waals surface area contributed by atoms with Crippen molar-refractivity contribution >= 4 is 68.2 Å². The Morgan fingerprint density at radius 1 is 1.22 bits per heavy atom. The molecular weight excluding hydrogens is 523 g/mol. The summed E-state index contributed by atoms with van der Waals surface area (Å²) in [5, 5.41) is 1.13. The monoisotopic (exact) mass is 550 g/mol. The van der Waals surface area contributed by atoms with E-state index in [1.165, 1.54) is 11.3 Å². The van der Waals surface area contributed by atoms with Crippen molar-refractivity contribution in [2.45, 2.75) is 6.42 Å². The Morgan fingerprint density at radius 2 is 1.97 bits per heavy atom. The van der Waals surface area contributed by atoms with Crippen molar-refractivity contribution in [3.63, 3.8) is 0 Å². The number of rotatable bonds is 7. The van der Waals surface area contributed by atoms with Crippen LogP contribution in [0.3, 0.4) is 0 Å². The van der Waals surface area contributed by atoms with Gasteiger partial charge < -0.3 is 14.4 Å². The number of carbonyl (C=O) groups is 2. The first kappa shape index (κ1) is 26.6. The number of benzene rings is 2. The molecule has 8 nitrogen and oxygen atoms in total. The van der Waals surface area contributed by atoms with Gasteiger partial charge in [-0.05, 0) is 24.3 Å². The van der Waals surface area contributed by atoms with Gasteiger partial charge in [-0.1, -0.05) is 41.1 Å². The molecule has 0 aliphatic carbocycles. The number of hydrogen-bond donors (Lipinski definition) is 0. The molecule has 2 aliphatic rings. The minimum atomic E-state index is -0.447. The number of para-hydroxylation sites is 1. The van der Waals surface area contributed by atoms with Gasteiger partial charge >= 0.3 is 0 Å². The second-order valence-corrected chi connectivity index (χ2v) is 9.99. The van der Waals surface area contributed by atoms with Crippen LogP contribution in [0.25, 0.3) is 10.2 Å². The fourth-order valence-electron chi connectivity index (χ4n) is 4.54. The smallest absolute Gasteiger partial charge is 0.234 e. The highest BCUT2D eigenvalue weighted by Gasteiger charge is 2.38. The van der Waals surface area contributed by atoms with Gasteiger partial charge in [-0.3, -0.25) is 19.4 Å². The molecule has 2 aromatic carbocycles. The van der Waals surface area contributed by atoms with Crippen LogP contribution >= 0.6 is 35.3 Å². The predicted octanol–water partition coefficient (Wildman–Crippen LogP) is 4.10. The number of morpholine rings is 1. The molecule has 0 saturated carbocycles. The van der Waals surface area contributed by atoms with E-state index in [1.54, 1.807) is 29.0 Å². The standard InChI is InChI=1S/C25H27ClN4O4S.ClH/c1-33-20-8-7-19(26)23-22(20)27-25(35-23)29(10-9-28-11-13-34-14-12-28)24(32)17-15-21(31)30(16-17)18-5-3-2-4-6-18;/h2-8,17H,9-16H2,1H3;1H. The van der Waals surface area contributed by atoms with Gasteiger partial charge in [0.15, 0.2) is 5.13 Å². The zero-order valence-electron chi connectivity index (χ0n) is 19.9. The van der Waals surface area contributed by atoms with Crippen molar-refractivity contribution in [1.82, 2.24) is 9.88 Å². The van der Waals surface area contributed by atoms with E-state index < -0.39 is 5.92 Å². The number of fused-ring (bicyclic) bond motifs is 1. The van der Waals surface area contributed by atoms with Crippen molar-refractivity contribution < 1.29 is 19.1 Å². The van der Waals surface area contributed by atoms with Crippen LogP contribution in [0.2, 0.25) is 5.02 Å². The highest BCUT2D eigenvalue weighted by Crippen LogP contribution is 2.39. The van der Waals surface area contributed by atoms with E-state index in [9.17, 15) is 9.59 Å². The molecule has 3 aromatic rings. The number of hydrogen-bond acceptors (Lipinski definition) is 7. The maximum atomic E-state index is 13.9. The molecule has 1 atom stereocenters. The Labute approximate surface area is 225 Å². The van der Waals surface area contributed by atoms with Gasteiger partial charge in [0.05, 0.1) is 36.0 Å². The van der Waals surface area contributed by atoms with E-state index in [0.717, 1.165) is 23.5 Å². The normalized spacial score (nSPS) is 18.3. The van der Waals surface area contributed by atoms with Gasteiger partial charge in [0, 0.05) is 44.8 Å². The van der Waals surface area contributed by atoms with Gasteiger partial charge in [0.25, 0.3) is 0 Å². The summed E-state index contributed by atoms with van der Waals surface area (Å²) in [6, 6.07) is 13.0. The van der Waals surface area contributed by atoms with Crippen LogP contribution in [-0.4, -0.2) is 74.7 Å². The van der Waals surface area contributed by atoms with Crippen LogP contribution < -0.4 is 14.5 Å². The molecular formula is C25H28Cl2N4O4S. The lowest BCUT2D eigenvalue weighted by Gasteiger charge is -2.30. The van der Waals surface area contributed by atoms with Crippen LogP contribution in [0.4, 0.5) is 10.8 Å². The third kappa shape index (κ3) is 5.45. The van der Waals surface area contributed by atoms with Crippen molar-refractivity contribution in [2.24, 2.45) is 5.92 Å². The van der Waals surface area contributed by atoms with E-state index >= 15 is 0 Å². The van der Waals surface area contributed by atoms with Crippen LogP contribution in [0.1, 0.15) is 6.42 Å². The summed E-state index contributed by atoms with van der Waals surface area (Å²) in [4.78, 5) is 37.1. The first-order chi connectivity index (χ1) is 17.0. The lowest BCUT2D eigenvalue weighted by Crippen LogP contribution is -2.45. The van der Waals surface area contributed by atoms with Crippen LogP contribution in [-0.2, 0) is 14.3 Å². The molecule has 0 N–H and O–H groups in total. The van der Waals surface area contributed by atoms with Crippen LogP contribution in [0.15, 0.2) is 42.5 Å². The highest BCUT2D eigenvalue weighted by atomic mass is 35.5. The predicted molar refractivity (Wildman–Crippen MR) is 145 cm³/mol. The van der Waals surface area contributed by atoms with Crippen molar-refractivity contribution in [2.75, 3.05) is 62.8 Å². The summed E-state index contributed by atoms with van der Waals surface area (Å²) in [6.45, 7) is 4.53. The van der Waals surface area contributed by atoms with E-state index in [0.29, 0.717) is 54.3 Å². The van der Waals surface area contributed by atoms with Crippen LogP contribution in [0.5, 0.6) is 5.75 Å². The molecule has 3 heterocycles. The Morgan fingerprint density at radius 3 is 2.69 bits per heavy atom. The molecule has 36 heavy (non-hydrogen) atoms. The molecule has 2 fully saturated rings. The molecule has 11 heteroatoms. The zero-order chi connectivity index (χ0) is 24.4. The Bertz CT molecular complexity index is 1220. The topological polar surface area (TPSA) is 75.2 Å². The molecule has 1 aromatic heterocycles. The molecule has 0 radical (unpaired) electrons. The van der Waals surface area contributed by atoms with E-state index in [-0.39, 0.29) is 30.6 Å². The SMILES string of the molecule is COc1ccc(Cl)c2sc(N(CCN3CCOCC3)C(=O)C3CC(=O)N(c4ccccc4)C3)nc12.Cl. The van der Waals surface area contributed by atoms with Gasteiger partial charge in [0.2, 0.25) is 11.8 Å². The molecule has 5 rings (SSSR count). The highest BCUT2D eigenvalue weighted by molar-refractivity contribution is 7.23. The van der Waals surface area contributed by atoms with Gasteiger partial charge in [0.1, 0.15) is 11.3 Å². The van der Waals surface area contributed by atoms with Crippen molar-refractivity contribution in [1.29, 1.82) is 0 Å². The van der Waals surface area contributed by atoms with Crippen molar-refractivity contribution in [3.8, 4) is 5.75 Å². The fraction of sp³-hybridized carbons (Fsp3) is 0.400. The van der Waals surface area contributed by atoms with Gasteiger partial charge in [-0.25, -0.2) is 4.98 Å². The third-order valence-corrected chi connectivity index (χ3v) is 7.99. The summed E-state index contributed by atoms with van der Waals surface area (Å²) < 4.78 is 11.7. The zero-order valence-corrected chi connectivity index (χ0v) is 22.3. The Hall–Kier alpha value is -2.43. The number of amides is 2. The van der Waals surface area contributed by atoms with E-state index in [1.807, 2.05) is 30.3 Å². The summed E-state index contributed by atoms with van der Waals surface area (Å²) in [5.41, 5.74) is 1.45. The third-order valence-electron chi connectivity index (χ3n) is 6.45. The summed E-state index contributed by atoms with van der Waals surface area (Å²) in [7, 11) is 1.59. The second-order valence-electron chi connectivity index (χ2n) is 8.61. The lowest BCUT2D eigenvalue weighted by molar-refractivity contribution is -0.124. The number of carbonyl (C=O) groups excluding carboxylic acids is 2. The number of ether oxygens (including phenoxy) is 2. The number of nitrogens with zero attached hydrogens (tertiary/aromatic N) is 4. The minimum Gasteiger partial charge on any atom is -0.494 e. The summed E-state index contributed by atoms with van der Waals surface area (Å²) in [5.74, 6) is 0.0198. The van der Waals surface area contributed by atoms with Gasteiger partial charge in [-0.2, -0.15) is 0 Å². The lowest BCUT2D eigenvalue weighted by atomic mass is 10.1. The Balaban J connectivity index is 0.00000304.